The fourth-order valence-corrected chi connectivity index (χ4v) is 3.56. The lowest BCUT2D eigenvalue weighted by Gasteiger charge is -2.11. The number of rotatable bonds is 4. The van der Waals surface area contributed by atoms with Crippen LogP contribution in [-0.4, -0.2) is 10.2 Å². The highest BCUT2D eigenvalue weighted by Gasteiger charge is 2.31. The van der Waals surface area contributed by atoms with Crippen LogP contribution >= 0.6 is 23.2 Å². The minimum absolute atomic E-state index is 0.0511. The van der Waals surface area contributed by atoms with Crippen molar-refractivity contribution in [2.75, 3.05) is 0 Å². The molecule has 3 nitrogen and oxygen atoms in total. The molecule has 0 bridgehead atoms. The van der Waals surface area contributed by atoms with Gasteiger partial charge in [-0.05, 0) is 71.8 Å². The molecule has 0 aliphatic carbocycles. The van der Waals surface area contributed by atoms with Crippen molar-refractivity contribution < 1.29 is 41.3 Å². The number of phenols is 1. The maximum Gasteiger partial charge on any atom is 0.416 e. The van der Waals surface area contributed by atoms with Gasteiger partial charge >= 0.3 is 12.4 Å². The van der Waals surface area contributed by atoms with Crippen LogP contribution in [0.5, 0.6) is 11.5 Å². The molecule has 0 aliphatic heterocycles. The number of ether oxygens (including phenoxy) is 1. The van der Waals surface area contributed by atoms with Crippen molar-refractivity contribution in [1.29, 1.82) is 0 Å². The van der Waals surface area contributed by atoms with Crippen LogP contribution in [0.15, 0.2) is 84.9 Å². The fourth-order valence-electron chi connectivity index (χ4n) is 3.15. The molecule has 0 saturated heterocycles. The Labute approximate surface area is 254 Å². The van der Waals surface area contributed by atoms with Crippen LogP contribution in [0.4, 0.5) is 26.3 Å². The number of aromatic hydroxyl groups is 1. The van der Waals surface area contributed by atoms with E-state index in [9.17, 15) is 26.3 Å². The number of benzene rings is 4. The van der Waals surface area contributed by atoms with Crippen molar-refractivity contribution in [3.63, 3.8) is 0 Å². The molecule has 43 heavy (non-hydrogen) atoms. The zero-order valence-electron chi connectivity index (χ0n) is 22.0. The molecule has 0 saturated carbocycles. The molecule has 0 amide bonds. The monoisotopic (exact) mass is 638 g/mol. The first-order valence-electron chi connectivity index (χ1n) is 11.9. The summed E-state index contributed by atoms with van der Waals surface area (Å²) in [6.07, 6.45) is 1.58. The molecule has 0 aliphatic rings. The second-order valence-electron chi connectivity index (χ2n) is 8.44. The van der Waals surface area contributed by atoms with E-state index in [1.807, 2.05) is 18.2 Å². The van der Waals surface area contributed by atoms with Gasteiger partial charge < -0.3 is 14.9 Å². The van der Waals surface area contributed by atoms with Crippen molar-refractivity contribution >= 4 is 23.2 Å². The van der Waals surface area contributed by atoms with Crippen LogP contribution in [0.1, 0.15) is 33.4 Å². The summed E-state index contributed by atoms with van der Waals surface area (Å²) in [5, 5.41) is 17.1. The molecular weight excluding hydrogens is 617 g/mol. The van der Waals surface area contributed by atoms with Crippen LogP contribution in [0.2, 0.25) is 10.0 Å². The highest BCUT2D eigenvalue weighted by molar-refractivity contribution is 6.32. The zero-order chi connectivity index (χ0) is 32.2. The van der Waals surface area contributed by atoms with Crippen molar-refractivity contribution in [1.82, 2.24) is 0 Å². The third-order valence-corrected chi connectivity index (χ3v) is 5.90. The fraction of sp³-hybridized carbons (Fsp3) is 0.125. The Morgan fingerprint density at radius 2 is 1.16 bits per heavy atom. The molecule has 11 heteroatoms. The number of halogens is 8. The van der Waals surface area contributed by atoms with E-state index in [0.29, 0.717) is 11.6 Å². The van der Waals surface area contributed by atoms with Gasteiger partial charge in [-0.2, -0.15) is 26.3 Å². The summed E-state index contributed by atoms with van der Waals surface area (Å²) in [7, 11) is 0. The number of terminal acetylenes is 2. The molecule has 0 unspecified atom stereocenters. The van der Waals surface area contributed by atoms with Crippen molar-refractivity contribution in [3.8, 4) is 36.2 Å². The molecular formula is C32H22Cl2F6O3. The minimum Gasteiger partial charge on any atom is -0.506 e. The molecule has 0 radical (unpaired) electrons. The number of alkyl halides is 6. The lowest BCUT2D eigenvalue weighted by atomic mass is 10.1. The van der Waals surface area contributed by atoms with Gasteiger partial charge in [0.2, 0.25) is 0 Å². The van der Waals surface area contributed by atoms with Gasteiger partial charge in [0.15, 0.2) is 0 Å². The number of aliphatic hydroxyl groups excluding tert-OH is 1. The third-order valence-electron chi connectivity index (χ3n) is 5.30. The molecule has 4 aromatic rings. The Hall–Kier alpha value is -4.28. The summed E-state index contributed by atoms with van der Waals surface area (Å²) in [6.45, 7) is 0.218. The average molecular weight is 639 g/mol. The molecule has 2 N–H and O–H groups in total. The van der Waals surface area contributed by atoms with E-state index in [1.165, 1.54) is 6.07 Å². The van der Waals surface area contributed by atoms with Crippen molar-refractivity contribution in [3.05, 3.63) is 128 Å². The number of hydrogen-bond donors (Lipinski definition) is 2. The zero-order valence-corrected chi connectivity index (χ0v) is 23.5. The highest BCUT2D eigenvalue weighted by Crippen LogP contribution is 2.35. The quantitative estimate of drug-likeness (QED) is 0.173. The van der Waals surface area contributed by atoms with Crippen LogP contribution < -0.4 is 4.74 Å². The topological polar surface area (TPSA) is 49.7 Å². The maximum absolute atomic E-state index is 12.5. The first kappa shape index (κ1) is 34.9. The molecule has 0 spiro atoms. The Kier molecular flexibility index (Phi) is 12.8. The Morgan fingerprint density at radius 3 is 1.63 bits per heavy atom. The average Bonchev–Trinajstić information content (AvgIpc) is 2.97. The molecule has 4 rings (SSSR count). The SMILES string of the molecule is C#Cc1cccc(CO)c1.C#Cc1cccc(COc2ccc(C(F)(F)F)cc2Cl)c1.Oc1ccc(C(F)(F)F)cc1Cl. The summed E-state index contributed by atoms with van der Waals surface area (Å²) < 4.78 is 78.8. The second kappa shape index (κ2) is 15.8. The standard InChI is InChI=1S/C16H10ClF3O.C9H8O.C7H4ClF3O/c1-2-11-4-3-5-12(8-11)10-21-15-7-6-13(9-14(15)17)16(18,19)20;1-2-8-4-3-5-9(6-8)7-10;8-5-3-4(7(9,10)11)1-2-6(5)12/h1,3-9H,10H2;1,3-6,10H,7H2;1-3,12H. The van der Waals surface area contributed by atoms with E-state index in [4.69, 9.17) is 51.0 Å². The van der Waals surface area contributed by atoms with Crippen LogP contribution in [0.25, 0.3) is 0 Å². The van der Waals surface area contributed by atoms with Gasteiger partial charge in [-0.15, -0.1) is 12.8 Å². The Balaban J connectivity index is 0.000000248. The van der Waals surface area contributed by atoms with E-state index >= 15 is 0 Å². The molecule has 0 atom stereocenters. The minimum atomic E-state index is -4.43. The van der Waals surface area contributed by atoms with Crippen LogP contribution in [0.3, 0.4) is 0 Å². The van der Waals surface area contributed by atoms with Crippen molar-refractivity contribution in [2.24, 2.45) is 0 Å². The van der Waals surface area contributed by atoms with E-state index < -0.39 is 23.5 Å². The number of phenolic OH excluding ortho intramolecular Hbond substituents is 1. The van der Waals surface area contributed by atoms with E-state index in [1.54, 1.807) is 30.3 Å². The molecule has 224 valence electrons. The van der Waals surface area contributed by atoms with Gasteiger partial charge in [-0.25, -0.2) is 0 Å². The van der Waals surface area contributed by atoms with Gasteiger partial charge in [0.25, 0.3) is 0 Å². The maximum atomic E-state index is 12.5. The Bertz CT molecular complexity index is 1600. The predicted molar refractivity (Wildman–Crippen MR) is 154 cm³/mol. The first-order chi connectivity index (χ1) is 20.2. The lowest BCUT2D eigenvalue weighted by molar-refractivity contribution is -0.138. The lowest BCUT2D eigenvalue weighted by Crippen LogP contribution is -2.05. The smallest absolute Gasteiger partial charge is 0.416 e. The summed E-state index contributed by atoms with van der Waals surface area (Å²) in [4.78, 5) is 0. The molecule has 4 aromatic carbocycles. The second-order valence-corrected chi connectivity index (χ2v) is 9.26. The van der Waals surface area contributed by atoms with Crippen LogP contribution in [0, 0.1) is 24.7 Å². The van der Waals surface area contributed by atoms with E-state index in [0.717, 1.165) is 41.0 Å². The molecule has 0 fully saturated rings. The van der Waals surface area contributed by atoms with Gasteiger partial charge in [-0.1, -0.05) is 59.3 Å². The predicted octanol–water partition coefficient (Wildman–Crippen LogP) is 9.14. The van der Waals surface area contributed by atoms with Gasteiger partial charge in [0.1, 0.15) is 18.1 Å². The van der Waals surface area contributed by atoms with Crippen LogP contribution in [-0.2, 0) is 25.6 Å². The van der Waals surface area contributed by atoms with E-state index in [2.05, 4.69) is 11.8 Å². The number of aliphatic hydroxyl groups is 1. The Morgan fingerprint density at radius 1 is 0.674 bits per heavy atom. The summed E-state index contributed by atoms with van der Waals surface area (Å²) in [5.41, 5.74) is 1.50. The van der Waals surface area contributed by atoms with Gasteiger partial charge in [0, 0.05) is 11.1 Å². The van der Waals surface area contributed by atoms with Gasteiger partial charge in [-0.3, -0.25) is 0 Å². The molecule has 0 heterocycles. The largest absolute Gasteiger partial charge is 0.506 e. The van der Waals surface area contributed by atoms with E-state index in [-0.39, 0.29) is 34.8 Å². The molecule has 0 aromatic heterocycles. The summed E-state index contributed by atoms with van der Waals surface area (Å²) in [6, 6.07) is 19.7. The van der Waals surface area contributed by atoms with Crippen molar-refractivity contribution in [2.45, 2.75) is 25.6 Å². The highest BCUT2D eigenvalue weighted by atomic mass is 35.5. The third kappa shape index (κ3) is 11.5. The summed E-state index contributed by atoms with van der Waals surface area (Å²) in [5.74, 6) is 4.82. The normalized spacial score (nSPS) is 10.7. The number of hydrogen-bond acceptors (Lipinski definition) is 3. The summed E-state index contributed by atoms with van der Waals surface area (Å²) >= 11 is 11.1. The van der Waals surface area contributed by atoms with Gasteiger partial charge in [0.05, 0.1) is 27.8 Å². The first-order valence-corrected chi connectivity index (χ1v) is 12.7.